The Balaban J connectivity index is 1.27. The molecular formula is C30H16Cl2N10. The van der Waals surface area contributed by atoms with Crippen molar-refractivity contribution in [1.29, 1.82) is 0 Å². The molecule has 5 aromatic heterocycles. The molecule has 12 heteroatoms. The first kappa shape index (κ1) is 23.4. The van der Waals surface area contributed by atoms with Crippen molar-refractivity contribution in [1.82, 2.24) is 48.4 Å². The standard InChI is InChI=1S/C30H16Cl2N10/c31-26-34-29-40-28(41-30(42(29)38-26)35-27(32)37-41)33-25(36-40)19-13-14-24-22(16-19)21-11-4-5-12-23(21)39(24)20-10-6-9-18(15-20)17-7-2-1-3-8-17/h1-16H. The number of para-hydroxylation sites is 1. The van der Waals surface area contributed by atoms with Gasteiger partial charge in [0.25, 0.3) is 17.3 Å². The summed E-state index contributed by atoms with van der Waals surface area (Å²) >= 11 is 12.3. The highest BCUT2D eigenvalue weighted by Crippen LogP contribution is 2.35. The number of benzene rings is 4. The van der Waals surface area contributed by atoms with Crippen LogP contribution in [0.4, 0.5) is 0 Å². The van der Waals surface area contributed by atoms with Crippen LogP contribution in [-0.2, 0) is 0 Å². The summed E-state index contributed by atoms with van der Waals surface area (Å²) in [4.78, 5) is 13.4. The van der Waals surface area contributed by atoms with Gasteiger partial charge in [0, 0.05) is 22.0 Å². The molecule has 0 bridgehead atoms. The lowest BCUT2D eigenvalue weighted by atomic mass is 10.1. The quantitative estimate of drug-likeness (QED) is 0.233. The second kappa shape index (κ2) is 8.59. The predicted molar refractivity (Wildman–Crippen MR) is 161 cm³/mol. The van der Waals surface area contributed by atoms with Crippen LogP contribution in [0.1, 0.15) is 0 Å². The SMILES string of the molecule is Clc1nc2n(n1)c1nc(Cl)nn1c1nc(-c3ccc4c(c3)c3ccccc3n4-c3cccc(-c4ccccc4)c3)nn21. The van der Waals surface area contributed by atoms with Gasteiger partial charge in [-0.15, -0.1) is 15.3 Å². The fourth-order valence-corrected chi connectivity index (χ4v) is 5.95. The van der Waals surface area contributed by atoms with Gasteiger partial charge >= 0.3 is 0 Å². The van der Waals surface area contributed by atoms with E-state index >= 15 is 0 Å². The molecule has 9 rings (SSSR count). The maximum absolute atomic E-state index is 6.14. The average molecular weight is 587 g/mol. The first-order valence-corrected chi connectivity index (χ1v) is 13.8. The molecule has 0 saturated heterocycles. The third-order valence-electron chi connectivity index (χ3n) is 7.43. The van der Waals surface area contributed by atoms with E-state index in [1.165, 1.54) is 19.1 Å². The molecule has 0 amide bonds. The van der Waals surface area contributed by atoms with Crippen molar-refractivity contribution in [3.8, 4) is 28.2 Å². The number of hydrogen-bond donors (Lipinski definition) is 0. The predicted octanol–water partition coefficient (Wildman–Crippen LogP) is 6.55. The summed E-state index contributed by atoms with van der Waals surface area (Å²) in [5.74, 6) is 1.55. The molecule has 0 unspecified atom stereocenters. The molecule has 0 aliphatic heterocycles. The van der Waals surface area contributed by atoms with E-state index in [1.54, 1.807) is 0 Å². The van der Waals surface area contributed by atoms with Crippen LogP contribution in [0, 0.1) is 0 Å². The summed E-state index contributed by atoms with van der Waals surface area (Å²) in [6.07, 6.45) is 0. The maximum atomic E-state index is 6.14. The van der Waals surface area contributed by atoms with E-state index in [2.05, 4.69) is 110 Å². The Labute approximate surface area is 246 Å². The first-order valence-electron chi connectivity index (χ1n) is 13.1. The van der Waals surface area contributed by atoms with Gasteiger partial charge in [-0.3, -0.25) is 0 Å². The zero-order chi connectivity index (χ0) is 27.9. The molecule has 42 heavy (non-hydrogen) atoms. The van der Waals surface area contributed by atoms with Crippen molar-refractivity contribution in [3.63, 3.8) is 0 Å². The van der Waals surface area contributed by atoms with Gasteiger partial charge in [-0.25, -0.2) is 0 Å². The van der Waals surface area contributed by atoms with Crippen LogP contribution in [0.15, 0.2) is 97.1 Å². The number of hydrogen-bond acceptors (Lipinski definition) is 6. The molecule has 9 aromatic rings. The smallest absolute Gasteiger partial charge is 0.261 e. The second-order valence-corrected chi connectivity index (χ2v) is 10.5. The zero-order valence-corrected chi connectivity index (χ0v) is 23.0. The minimum Gasteiger partial charge on any atom is -0.309 e. The van der Waals surface area contributed by atoms with E-state index in [9.17, 15) is 0 Å². The van der Waals surface area contributed by atoms with Crippen molar-refractivity contribution in [2.24, 2.45) is 0 Å². The molecule has 0 aliphatic rings. The number of fused-ring (bicyclic) bond motifs is 9. The molecule has 0 atom stereocenters. The summed E-state index contributed by atoms with van der Waals surface area (Å²) < 4.78 is 6.74. The first-order chi connectivity index (χ1) is 20.6. The van der Waals surface area contributed by atoms with Gasteiger partial charge in [-0.05, 0) is 70.7 Å². The van der Waals surface area contributed by atoms with E-state index in [0.29, 0.717) is 23.2 Å². The Bertz CT molecular complexity index is 2430. The van der Waals surface area contributed by atoms with Gasteiger partial charge in [0.2, 0.25) is 10.6 Å². The highest BCUT2D eigenvalue weighted by atomic mass is 35.5. The lowest BCUT2D eigenvalue weighted by Gasteiger charge is -2.10. The van der Waals surface area contributed by atoms with Gasteiger partial charge in [0.1, 0.15) is 0 Å². The zero-order valence-electron chi connectivity index (χ0n) is 21.5. The average Bonchev–Trinajstić information content (AvgIpc) is 3.79. The van der Waals surface area contributed by atoms with E-state index in [4.69, 9.17) is 33.3 Å². The van der Waals surface area contributed by atoms with Gasteiger partial charge in [0.15, 0.2) is 5.82 Å². The molecule has 0 aliphatic carbocycles. The molecule has 0 N–H and O–H groups in total. The van der Waals surface area contributed by atoms with Gasteiger partial charge < -0.3 is 4.57 Å². The molecule has 10 nitrogen and oxygen atoms in total. The van der Waals surface area contributed by atoms with Crippen molar-refractivity contribution < 1.29 is 0 Å². The van der Waals surface area contributed by atoms with Gasteiger partial charge in [0.05, 0.1) is 11.0 Å². The third kappa shape index (κ3) is 3.33. The monoisotopic (exact) mass is 586 g/mol. The molecule has 0 radical (unpaired) electrons. The Morgan fingerprint density at radius 3 is 1.90 bits per heavy atom. The Morgan fingerprint density at radius 1 is 0.476 bits per heavy atom. The van der Waals surface area contributed by atoms with Crippen LogP contribution in [0.5, 0.6) is 0 Å². The summed E-state index contributed by atoms with van der Waals surface area (Å²) in [7, 11) is 0. The Morgan fingerprint density at radius 2 is 1.12 bits per heavy atom. The van der Waals surface area contributed by atoms with Crippen molar-refractivity contribution >= 4 is 62.3 Å². The highest BCUT2D eigenvalue weighted by Gasteiger charge is 2.21. The lowest BCUT2D eigenvalue weighted by molar-refractivity contribution is 0.816. The number of aromatic nitrogens is 10. The minimum absolute atomic E-state index is 0.0473. The summed E-state index contributed by atoms with van der Waals surface area (Å²) in [6, 6.07) is 33.6. The van der Waals surface area contributed by atoms with E-state index < -0.39 is 0 Å². The molecule has 0 spiro atoms. The fraction of sp³-hybridized carbons (Fsp3) is 0. The van der Waals surface area contributed by atoms with E-state index in [0.717, 1.165) is 38.6 Å². The Hall–Kier alpha value is -5.32. The minimum atomic E-state index is 0.0473. The summed E-state index contributed by atoms with van der Waals surface area (Å²) in [5, 5.41) is 15.6. The van der Waals surface area contributed by atoms with Crippen LogP contribution in [-0.4, -0.2) is 48.4 Å². The highest BCUT2D eigenvalue weighted by molar-refractivity contribution is 6.28. The molecular weight excluding hydrogens is 571 g/mol. The number of halogens is 2. The third-order valence-corrected chi connectivity index (χ3v) is 7.75. The number of rotatable bonds is 3. The molecule has 4 aromatic carbocycles. The Kier molecular flexibility index (Phi) is 4.78. The maximum Gasteiger partial charge on any atom is 0.261 e. The number of nitrogens with zero attached hydrogens (tertiary/aromatic N) is 10. The van der Waals surface area contributed by atoms with Crippen LogP contribution < -0.4 is 0 Å². The molecule has 0 saturated carbocycles. The van der Waals surface area contributed by atoms with Crippen molar-refractivity contribution in [2.45, 2.75) is 0 Å². The van der Waals surface area contributed by atoms with Crippen molar-refractivity contribution in [3.05, 3.63) is 108 Å². The fourth-order valence-electron chi connectivity index (χ4n) is 5.64. The van der Waals surface area contributed by atoms with E-state index in [1.807, 2.05) is 12.1 Å². The normalized spacial score (nSPS) is 12.0. The van der Waals surface area contributed by atoms with Crippen LogP contribution in [0.25, 0.3) is 67.3 Å². The molecule has 200 valence electrons. The topological polar surface area (TPSA) is 95.5 Å². The summed E-state index contributed by atoms with van der Waals surface area (Å²) in [6.45, 7) is 0. The van der Waals surface area contributed by atoms with Crippen LogP contribution in [0.3, 0.4) is 0 Å². The molecule has 5 heterocycles. The van der Waals surface area contributed by atoms with Crippen LogP contribution >= 0.6 is 23.2 Å². The molecule has 0 fully saturated rings. The van der Waals surface area contributed by atoms with Crippen molar-refractivity contribution in [2.75, 3.05) is 0 Å². The van der Waals surface area contributed by atoms with Crippen LogP contribution in [0.2, 0.25) is 10.6 Å². The van der Waals surface area contributed by atoms with E-state index in [-0.39, 0.29) is 10.6 Å². The summed E-state index contributed by atoms with van der Waals surface area (Å²) in [5.41, 5.74) is 6.42. The largest absolute Gasteiger partial charge is 0.309 e. The van der Waals surface area contributed by atoms with Gasteiger partial charge in [-0.1, -0.05) is 60.7 Å². The lowest BCUT2D eigenvalue weighted by Crippen LogP contribution is -2.06. The van der Waals surface area contributed by atoms with Gasteiger partial charge in [-0.2, -0.15) is 28.5 Å². The second-order valence-electron chi connectivity index (χ2n) is 9.83.